The van der Waals surface area contributed by atoms with Crippen LogP contribution >= 0.6 is 0 Å². The second-order valence-electron chi connectivity index (χ2n) is 12.1. The van der Waals surface area contributed by atoms with Gasteiger partial charge in [-0.1, -0.05) is 152 Å². The minimum absolute atomic E-state index is 0.863. The van der Waals surface area contributed by atoms with Crippen molar-refractivity contribution < 1.29 is 4.42 Å². The van der Waals surface area contributed by atoms with Gasteiger partial charge in [-0.15, -0.1) is 0 Å². The summed E-state index contributed by atoms with van der Waals surface area (Å²) < 4.78 is 6.78. The molecule has 0 radical (unpaired) electrons. The van der Waals surface area contributed by atoms with Gasteiger partial charge in [0.25, 0.3) is 0 Å². The molecule has 0 fully saturated rings. The first kappa shape index (κ1) is 27.9. The van der Waals surface area contributed by atoms with Crippen molar-refractivity contribution >= 4 is 49.8 Å². The van der Waals surface area contributed by atoms with Gasteiger partial charge in [0.15, 0.2) is 0 Å². The van der Waals surface area contributed by atoms with E-state index < -0.39 is 0 Å². The summed E-state index contributed by atoms with van der Waals surface area (Å²) in [7, 11) is 0. The second-order valence-corrected chi connectivity index (χ2v) is 12.1. The molecule has 8 aromatic carbocycles. The van der Waals surface area contributed by atoms with Crippen LogP contribution in [0.2, 0.25) is 0 Å². The topological polar surface area (TPSA) is 16.4 Å². The average molecular weight is 614 g/mol. The van der Waals surface area contributed by atoms with Crippen molar-refractivity contribution in [3.8, 4) is 33.4 Å². The van der Waals surface area contributed by atoms with E-state index in [-0.39, 0.29) is 0 Å². The smallest absolute Gasteiger partial charge is 0.143 e. The van der Waals surface area contributed by atoms with Gasteiger partial charge in [-0.05, 0) is 69.6 Å². The molecule has 0 saturated heterocycles. The summed E-state index contributed by atoms with van der Waals surface area (Å²) in [5, 5.41) is 4.47. The predicted molar refractivity (Wildman–Crippen MR) is 202 cm³/mol. The van der Waals surface area contributed by atoms with Gasteiger partial charge in [-0.25, -0.2) is 0 Å². The van der Waals surface area contributed by atoms with Gasteiger partial charge < -0.3 is 9.32 Å². The highest BCUT2D eigenvalue weighted by atomic mass is 16.3. The van der Waals surface area contributed by atoms with Gasteiger partial charge in [-0.2, -0.15) is 0 Å². The Morgan fingerprint density at radius 3 is 1.65 bits per heavy atom. The van der Waals surface area contributed by atoms with Crippen LogP contribution in [-0.4, -0.2) is 0 Å². The highest BCUT2D eigenvalue weighted by Gasteiger charge is 2.23. The summed E-state index contributed by atoms with van der Waals surface area (Å²) >= 11 is 0. The fourth-order valence-electron chi connectivity index (χ4n) is 7.04. The van der Waals surface area contributed by atoms with Crippen molar-refractivity contribution in [1.82, 2.24) is 0 Å². The molecule has 0 unspecified atom stereocenters. The molecule has 2 nitrogen and oxygen atoms in total. The fourth-order valence-corrected chi connectivity index (χ4v) is 7.04. The van der Waals surface area contributed by atoms with Crippen LogP contribution in [0.1, 0.15) is 0 Å². The minimum Gasteiger partial charge on any atom is -0.455 e. The summed E-state index contributed by atoms with van der Waals surface area (Å²) in [6, 6.07) is 66.7. The fraction of sp³-hybridized carbons (Fsp3) is 0. The number of rotatable bonds is 6. The Labute approximate surface area is 279 Å². The molecule has 0 saturated carbocycles. The van der Waals surface area contributed by atoms with Crippen LogP contribution in [0, 0.1) is 0 Å². The van der Waals surface area contributed by atoms with E-state index in [9.17, 15) is 0 Å². The number of furan rings is 1. The van der Waals surface area contributed by atoms with Crippen LogP contribution < -0.4 is 4.90 Å². The highest BCUT2D eigenvalue weighted by molar-refractivity contribution is 6.22. The molecule has 0 N–H and O–H groups in total. The van der Waals surface area contributed by atoms with Gasteiger partial charge in [0, 0.05) is 22.0 Å². The third-order valence-corrected chi connectivity index (χ3v) is 9.27. The van der Waals surface area contributed by atoms with Crippen LogP contribution in [-0.2, 0) is 0 Å². The van der Waals surface area contributed by atoms with Crippen molar-refractivity contribution in [3.05, 3.63) is 188 Å². The quantitative estimate of drug-likeness (QED) is 0.185. The van der Waals surface area contributed by atoms with Crippen molar-refractivity contribution in [3.63, 3.8) is 0 Å². The lowest BCUT2D eigenvalue weighted by Crippen LogP contribution is -2.11. The van der Waals surface area contributed by atoms with Crippen LogP contribution in [0.25, 0.3) is 66.1 Å². The third-order valence-electron chi connectivity index (χ3n) is 9.27. The summed E-state index contributed by atoms with van der Waals surface area (Å²) in [5.74, 6) is 0. The summed E-state index contributed by atoms with van der Waals surface area (Å²) in [6.07, 6.45) is 0. The number of para-hydroxylation sites is 2. The maximum atomic E-state index is 6.78. The first-order chi connectivity index (χ1) is 23.8. The van der Waals surface area contributed by atoms with Gasteiger partial charge in [0.1, 0.15) is 11.2 Å². The number of fused-ring (bicyclic) bond motifs is 5. The zero-order valence-corrected chi connectivity index (χ0v) is 26.3. The standard InChI is InChI=1S/C46H31NO/c1-4-15-32(16-5-1)33-27-29-35(30-28-33)40-31-41-45-43(25-14-26-44(45)48-46(41)39-23-11-10-22-38(39)40)47(36-19-8-3-9-20-36)42-24-13-12-21-37(42)34-17-6-2-7-18-34/h1-31H. The van der Waals surface area contributed by atoms with E-state index in [0.717, 1.165) is 50.0 Å². The number of hydrogen-bond donors (Lipinski definition) is 0. The van der Waals surface area contributed by atoms with Crippen LogP contribution in [0.15, 0.2) is 192 Å². The monoisotopic (exact) mass is 613 g/mol. The molecule has 1 heterocycles. The van der Waals surface area contributed by atoms with Crippen molar-refractivity contribution in [1.29, 1.82) is 0 Å². The molecule has 48 heavy (non-hydrogen) atoms. The normalized spacial score (nSPS) is 11.3. The molecule has 0 aliphatic carbocycles. The highest BCUT2D eigenvalue weighted by Crippen LogP contribution is 2.48. The molecule has 1 aromatic heterocycles. The number of anilines is 3. The minimum atomic E-state index is 0.863. The summed E-state index contributed by atoms with van der Waals surface area (Å²) in [5.41, 5.74) is 12.1. The molecule has 0 amide bonds. The van der Waals surface area contributed by atoms with Crippen molar-refractivity contribution in [2.75, 3.05) is 4.90 Å². The molecule has 9 rings (SSSR count). The number of nitrogens with zero attached hydrogens (tertiary/aromatic N) is 1. The van der Waals surface area contributed by atoms with Crippen LogP contribution in [0.4, 0.5) is 17.1 Å². The molecule has 0 spiro atoms. The predicted octanol–water partition coefficient (Wildman–Crippen LogP) is 13.2. The Bertz CT molecular complexity index is 2530. The Hall–Kier alpha value is -6.38. The lowest BCUT2D eigenvalue weighted by Gasteiger charge is -2.28. The molecular formula is C46H31NO. The van der Waals surface area contributed by atoms with E-state index in [1.165, 1.54) is 33.2 Å². The van der Waals surface area contributed by atoms with Crippen molar-refractivity contribution in [2.24, 2.45) is 0 Å². The van der Waals surface area contributed by atoms with E-state index in [1.54, 1.807) is 0 Å². The van der Waals surface area contributed by atoms with E-state index in [2.05, 4.69) is 193 Å². The molecule has 0 bridgehead atoms. The first-order valence-electron chi connectivity index (χ1n) is 16.4. The second kappa shape index (κ2) is 11.8. The molecule has 2 heteroatoms. The Morgan fingerprint density at radius 1 is 0.354 bits per heavy atom. The van der Waals surface area contributed by atoms with E-state index in [0.29, 0.717) is 0 Å². The SMILES string of the molecule is c1ccc(-c2ccc(-c3cc4c(oc5cccc(N(c6ccccc6)c6ccccc6-c6ccccc6)c54)c4ccccc34)cc2)cc1. The molecule has 0 aliphatic rings. The van der Waals surface area contributed by atoms with Gasteiger partial charge in [0.2, 0.25) is 0 Å². The Kier molecular flexibility index (Phi) is 6.84. The average Bonchev–Trinajstić information content (AvgIpc) is 3.56. The maximum absolute atomic E-state index is 6.78. The van der Waals surface area contributed by atoms with E-state index >= 15 is 0 Å². The number of benzene rings is 8. The van der Waals surface area contributed by atoms with Gasteiger partial charge >= 0.3 is 0 Å². The first-order valence-corrected chi connectivity index (χ1v) is 16.4. The summed E-state index contributed by atoms with van der Waals surface area (Å²) in [4.78, 5) is 2.38. The van der Waals surface area contributed by atoms with Crippen LogP contribution in [0.3, 0.4) is 0 Å². The molecule has 226 valence electrons. The maximum Gasteiger partial charge on any atom is 0.143 e. The van der Waals surface area contributed by atoms with E-state index in [4.69, 9.17) is 4.42 Å². The lowest BCUT2D eigenvalue weighted by atomic mass is 9.93. The molecular weight excluding hydrogens is 583 g/mol. The molecule has 0 aliphatic heterocycles. The number of hydrogen-bond acceptors (Lipinski definition) is 2. The Morgan fingerprint density at radius 2 is 0.896 bits per heavy atom. The molecule has 0 atom stereocenters. The van der Waals surface area contributed by atoms with E-state index in [1.807, 2.05) is 0 Å². The third kappa shape index (κ3) is 4.74. The molecule has 9 aromatic rings. The van der Waals surface area contributed by atoms with Crippen LogP contribution in [0.5, 0.6) is 0 Å². The zero-order chi connectivity index (χ0) is 31.9. The van der Waals surface area contributed by atoms with Gasteiger partial charge in [-0.3, -0.25) is 0 Å². The zero-order valence-electron chi connectivity index (χ0n) is 26.3. The largest absolute Gasteiger partial charge is 0.455 e. The van der Waals surface area contributed by atoms with Crippen molar-refractivity contribution in [2.45, 2.75) is 0 Å². The summed E-state index contributed by atoms with van der Waals surface area (Å²) in [6.45, 7) is 0. The Balaban J connectivity index is 1.31. The lowest BCUT2D eigenvalue weighted by molar-refractivity contribution is 0.672. The van der Waals surface area contributed by atoms with Gasteiger partial charge in [0.05, 0.1) is 16.8 Å².